The van der Waals surface area contributed by atoms with Crippen molar-refractivity contribution in [2.45, 2.75) is 32.4 Å². The van der Waals surface area contributed by atoms with E-state index in [0.717, 1.165) is 22.5 Å². The van der Waals surface area contributed by atoms with E-state index in [9.17, 15) is 0 Å². The van der Waals surface area contributed by atoms with Crippen LogP contribution in [0.2, 0.25) is 0 Å². The van der Waals surface area contributed by atoms with E-state index in [2.05, 4.69) is 46.3 Å². The molecule has 1 unspecified atom stereocenters. The molecule has 2 aromatic rings. The van der Waals surface area contributed by atoms with Gasteiger partial charge in [0.15, 0.2) is 4.67 Å². The normalized spacial score (nSPS) is 13.2. The van der Waals surface area contributed by atoms with E-state index in [1.54, 1.807) is 0 Å². The summed E-state index contributed by atoms with van der Waals surface area (Å²) in [6, 6.07) is 6.48. The summed E-state index contributed by atoms with van der Waals surface area (Å²) >= 11 is 3.32. The minimum Gasteiger partial charge on any atom is -0.453 e. The molecule has 4 nitrogen and oxygen atoms in total. The summed E-state index contributed by atoms with van der Waals surface area (Å²) in [5.74, 6) is 0.920. The van der Waals surface area contributed by atoms with Crippen LogP contribution in [-0.4, -0.2) is 16.8 Å². The van der Waals surface area contributed by atoms with Gasteiger partial charge in [-0.15, -0.1) is 0 Å². The molecule has 2 heterocycles. The molecule has 0 aliphatic carbocycles. The first-order valence-electron chi connectivity index (χ1n) is 6.06. The lowest BCUT2D eigenvalue weighted by Crippen LogP contribution is -2.18. The molecule has 1 N–H and O–H groups in total. The molecule has 2 aromatic heterocycles. The van der Waals surface area contributed by atoms with E-state index < -0.39 is 0 Å². The average Bonchev–Trinajstić information content (AvgIpc) is 2.94. The molecular weight excluding hydrogens is 294 g/mol. The molecule has 1 atom stereocenters. The molecule has 0 aliphatic rings. The van der Waals surface area contributed by atoms with Crippen molar-refractivity contribution in [3.05, 3.63) is 40.5 Å². The van der Waals surface area contributed by atoms with E-state index in [1.807, 2.05) is 30.1 Å². The van der Waals surface area contributed by atoms with Crippen molar-refractivity contribution in [1.82, 2.24) is 15.1 Å². The van der Waals surface area contributed by atoms with Crippen LogP contribution in [0.15, 0.2) is 33.5 Å². The van der Waals surface area contributed by atoms with Gasteiger partial charge < -0.3 is 9.73 Å². The summed E-state index contributed by atoms with van der Waals surface area (Å²) in [5, 5.41) is 7.81. The van der Waals surface area contributed by atoms with Crippen molar-refractivity contribution in [1.29, 1.82) is 0 Å². The Morgan fingerprint density at radius 1 is 1.39 bits per heavy atom. The van der Waals surface area contributed by atoms with Gasteiger partial charge in [0.25, 0.3) is 0 Å². The predicted molar refractivity (Wildman–Crippen MR) is 74.5 cm³/mol. The van der Waals surface area contributed by atoms with Crippen LogP contribution in [0.3, 0.4) is 0 Å². The third-order valence-electron chi connectivity index (χ3n) is 2.89. The number of aromatic nitrogens is 2. The third kappa shape index (κ3) is 3.03. The monoisotopic (exact) mass is 311 g/mol. The van der Waals surface area contributed by atoms with Crippen LogP contribution in [0.1, 0.15) is 37.4 Å². The quantitative estimate of drug-likeness (QED) is 0.921. The Labute approximate surface area is 115 Å². The number of hydrogen-bond donors (Lipinski definition) is 1. The van der Waals surface area contributed by atoms with Crippen LogP contribution >= 0.6 is 15.9 Å². The third-order valence-corrected chi connectivity index (χ3v) is 3.32. The zero-order valence-corrected chi connectivity index (χ0v) is 12.4. The highest BCUT2D eigenvalue weighted by Gasteiger charge is 2.15. The van der Waals surface area contributed by atoms with Crippen LogP contribution in [0, 0.1) is 0 Å². The second kappa shape index (κ2) is 5.71. The Morgan fingerprint density at radius 3 is 2.67 bits per heavy atom. The van der Waals surface area contributed by atoms with Gasteiger partial charge in [0.05, 0.1) is 11.7 Å². The molecule has 0 bridgehead atoms. The number of likely N-dealkylation sites (N-methyl/N-ethyl adjacent to an activating group) is 1. The molecule has 18 heavy (non-hydrogen) atoms. The summed E-state index contributed by atoms with van der Waals surface area (Å²) < 4.78 is 8.31. The molecule has 0 aliphatic heterocycles. The van der Waals surface area contributed by atoms with E-state index in [-0.39, 0.29) is 6.04 Å². The lowest BCUT2D eigenvalue weighted by atomic mass is 10.1. The molecule has 5 heteroatoms. The van der Waals surface area contributed by atoms with Gasteiger partial charge in [-0.2, -0.15) is 5.10 Å². The Bertz CT molecular complexity index is 504. The number of hydrogen-bond acceptors (Lipinski definition) is 3. The molecule has 0 aromatic carbocycles. The fourth-order valence-electron chi connectivity index (χ4n) is 1.84. The van der Waals surface area contributed by atoms with Crippen LogP contribution < -0.4 is 5.32 Å². The number of nitrogens with one attached hydrogen (secondary N) is 1. The molecule has 2 rings (SSSR count). The fraction of sp³-hybridized carbons (Fsp3) is 0.462. The second-order valence-electron chi connectivity index (χ2n) is 4.57. The Hall–Kier alpha value is -1.07. The number of furan rings is 1. The van der Waals surface area contributed by atoms with Crippen molar-refractivity contribution in [2.75, 3.05) is 7.05 Å². The average molecular weight is 312 g/mol. The van der Waals surface area contributed by atoms with E-state index in [0.29, 0.717) is 6.04 Å². The molecule has 98 valence electrons. The Kier molecular flexibility index (Phi) is 4.24. The van der Waals surface area contributed by atoms with Gasteiger partial charge in [0.2, 0.25) is 0 Å². The molecule has 0 fully saturated rings. The van der Waals surface area contributed by atoms with Crippen LogP contribution in [0.5, 0.6) is 0 Å². The van der Waals surface area contributed by atoms with Crippen molar-refractivity contribution in [3.8, 4) is 0 Å². The number of nitrogens with zero attached hydrogens (tertiary/aromatic N) is 2. The van der Waals surface area contributed by atoms with Gasteiger partial charge in [0.1, 0.15) is 5.76 Å². The highest BCUT2D eigenvalue weighted by atomic mass is 79.9. The van der Waals surface area contributed by atoms with Gasteiger partial charge in [-0.3, -0.25) is 4.68 Å². The summed E-state index contributed by atoms with van der Waals surface area (Å²) in [5.41, 5.74) is 1.07. The predicted octanol–water partition coefficient (Wildman–Crippen LogP) is 3.32. The maximum absolute atomic E-state index is 5.58. The van der Waals surface area contributed by atoms with E-state index in [1.165, 1.54) is 0 Å². The molecule has 0 radical (unpaired) electrons. The summed E-state index contributed by atoms with van der Waals surface area (Å²) in [6.07, 6.45) is 2.83. The Balaban J connectivity index is 2.10. The van der Waals surface area contributed by atoms with Crippen LogP contribution in [-0.2, 0) is 6.42 Å². The molecule has 0 spiro atoms. The second-order valence-corrected chi connectivity index (χ2v) is 5.35. The number of rotatable bonds is 5. The standard InChI is InChI=1S/C13H18BrN3O/c1-9(2)17-7-6-10(16-17)8-11(15-3)12-4-5-13(14)18-12/h4-7,9,11,15H,8H2,1-3H3. The summed E-state index contributed by atoms with van der Waals surface area (Å²) in [7, 11) is 1.93. The van der Waals surface area contributed by atoms with Crippen molar-refractivity contribution >= 4 is 15.9 Å². The summed E-state index contributed by atoms with van der Waals surface area (Å²) in [6.45, 7) is 4.24. The van der Waals surface area contributed by atoms with Gasteiger partial charge >= 0.3 is 0 Å². The van der Waals surface area contributed by atoms with Gasteiger partial charge in [-0.05, 0) is 55.0 Å². The van der Waals surface area contributed by atoms with E-state index in [4.69, 9.17) is 4.42 Å². The summed E-state index contributed by atoms with van der Waals surface area (Å²) in [4.78, 5) is 0. The molecular formula is C13H18BrN3O. The first-order chi connectivity index (χ1) is 8.60. The largest absolute Gasteiger partial charge is 0.453 e. The van der Waals surface area contributed by atoms with Crippen LogP contribution in [0.4, 0.5) is 0 Å². The van der Waals surface area contributed by atoms with Crippen molar-refractivity contribution in [3.63, 3.8) is 0 Å². The van der Waals surface area contributed by atoms with E-state index >= 15 is 0 Å². The van der Waals surface area contributed by atoms with Gasteiger partial charge in [-0.1, -0.05) is 0 Å². The molecule has 0 amide bonds. The first-order valence-corrected chi connectivity index (χ1v) is 6.86. The van der Waals surface area contributed by atoms with Crippen LogP contribution in [0.25, 0.3) is 0 Å². The first kappa shape index (κ1) is 13.4. The van der Waals surface area contributed by atoms with Crippen molar-refractivity contribution in [2.24, 2.45) is 0 Å². The lowest BCUT2D eigenvalue weighted by Gasteiger charge is -2.12. The maximum Gasteiger partial charge on any atom is 0.169 e. The topological polar surface area (TPSA) is 43.0 Å². The van der Waals surface area contributed by atoms with Gasteiger partial charge in [0, 0.05) is 18.7 Å². The lowest BCUT2D eigenvalue weighted by molar-refractivity contribution is 0.412. The number of halogens is 1. The maximum atomic E-state index is 5.58. The Morgan fingerprint density at radius 2 is 2.17 bits per heavy atom. The molecule has 0 saturated heterocycles. The minimum atomic E-state index is 0.145. The SMILES string of the molecule is CNC(Cc1ccn(C(C)C)n1)c1ccc(Br)o1. The zero-order chi connectivity index (χ0) is 13.1. The fourth-order valence-corrected chi connectivity index (χ4v) is 2.16. The minimum absolute atomic E-state index is 0.145. The highest BCUT2D eigenvalue weighted by molar-refractivity contribution is 9.10. The van der Waals surface area contributed by atoms with Gasteiger partial charge in [-0.25, -0.2) is 0 Å². The van der Waals surface area contributed by atoms with Crippen molar-refractivity contribution < 1.29 is 4.42 Å². The highest BCUT2D eigenvalue weighted by Crippen LogP contribution is 2.23. The smallest absolute Gasteiger partial charge is 0.169 e. The zero-order valence-electron chi connectivity index (χ0n) is 10.9. The molecule has 0 saturated carbocycles.